The lowest BCUT2D eigenvalue weighted by molar-refractivity contribution is -0.0509. The highest BCUT2D eigenvalue weighted by Crippen LogP contribution is 2.43. The van der Waals surface area contributed by atoms with Crippen LogP contribution in [0.5, 0.6) is 5.75 Å². The molecule has 1 aliphatic carbocycles. The average Bonchev–Trinajstić information content (AvgIpc) is 3.07. The molecule has 2 atom stereocenters. The topological polar surface area (TPSA) is 44.5 Å². The summed E-state index contributed by atoms with van der Waals surface area (Å²) in [4.78, 5) is 0. The van der Waals surface area contributed by atoms with E-state index >= 15 is 0 Å². The zero-order chi connectivity index (χ0) is 14.9. The first-order valence-corrected chi connectivity index (χ1v) is 7.94. The normalized spacial score (nSPS) is 25.4. The van der Waals surface area contributed by atoms with Gasteiger partial charge in [-0.2, -0.15) is 0 Å². The van der Waals surface area contributed by atoms with Crippen LogP contribution in [0.15, 0.2) is 18.2 Å². The van der Waals surface area contributed by atoms with E-state index in [4.69, 9.17) is 15.2 Å². The van der Waals surface area contributed by atoms with E-state index in [1.807, 2.05) is 0 Å². The number of nitrogens with two attached hydrogens (primary N) is 1. The maximum absolute atomic E-state index is 13.9. The summed E-state index contributed by atoms with van der Waals surface area (Å²) >= 11 is 0. The summed E-state index contributed by atoms with van der Waals surface area (Å²) in [5, 5.41) is 0. The van der Waals surface area contributed by atoms with Crippen LogP contribution in [0.2, 0.25) is 0 Å². The van der Waals surface area contributed by atoms with Crippen LogP contribution in [0.3, 0.4) is 0 Å². The smallest absolute Gasteiger partial charge is 0.131 e. The molecule has 1 aromatic carbocycles. The Morgan fingerprint density at radius 1 is 1.38 bits per heavy atom. The molecule has 1 saturated carbocycles. The van der Waals surface area contributed by atoms with E-state index in [1.54, 1.807) is 19.1 Å². The van der Waals surface area contributed by atoms with E-state index in [2.05, 4.69) is 0 Å². The first-order chi connectivity index (χ1) is 10.1. The Labute approximate surface area is 125 Å². The highest BCUT2D eigenvalue weighted by molar-refractivity contribution is 5.30. The van der Waals surface area contributed by atoms with Gasteiger partial charge in [0.2, 0.25) is 0 Å². The average molecular weight is 293 g/mol. The number of rotatable bonds is 4. The van der Waals surface area contributed by atoms with Gasteiger partial charge in [-0.25, -0.2) is 4.39 Å². The predicted molar refractivity (Wildman–Crippen MR) is 79.8 cm³/mol. The lowest BCUT2D eigenvalue weighted by Crippen LogP contribution is -2.27. The molecule has 21 heavy (non-hydrogen) atoms. The van der Waals surface area contributed by atoms with Crippen molar-refractivity contribution in [1.29, 1.82) is 0 Å². The molecule has 2 fully saturated rings. The van der Waals surface area contributed by atoms with E-state index in [0.717, 1.165) is 12.8 Å². The Bertz CT molecular complexity index is 498. The predicted octanol–water partition coefficient (Wildman–Crippen LogP) is 3.72. The third-order valence-corrected chi connectivity index (χ3v) is 4.75. The Kier molecular flexibility index (Phi) is 4.18. The van der Waals surface area contributed by atoms with Gasteiger partial charge in [0.1, 0.15) is 18.2 Å². The summed E-state index contributed by atoms with van der Waals surface area (Å²) in [6.45, 7) is 2.27. The fourth-order valence-corrected chi connectivity index (χ4v) is 3.56. The molecule has 4 heteroatoms. The van der Waals surface area contributed by atoms with Crippen LogP contribution in [-0.2, 0) is 4.74 Å². The lowest BCUT2D eigenvalue weighted by Gasteiger charge is -2.23. The van der Waals surface area contributed by atoms with Gasteiger partial charge in [0.05, 0.1) is 11.7 Å². The maximum Gasteiger partial charge on any atom is 0.131 e. The molecule has 2 N–H and O–H groups in total. The SMILES string of the molecule is CC(N)c1ccc(OCC2CCC3(CCCC3)O2)cc1F. The Balaban J connectivity index is 1.55. The van der Waals surface area contributed by atoms with Gasteiger partial charge in [0.25, 0.3) is 0 Å². The summed E-state index contributed by atoms with van der Waals surface area (Å²) < 4.78 is 25.7. The van der Waals surface area contributed by atoms with Crippen molar-refractivity contribution in [1.82, 2.24) is 0 Å². The minimum atomic E-state index is -0.306. The van der Waals surface area contributed by atoms with E-state index in [0.29, 0.717) is 17.9 Å². The van der Waals surface area contributed by atoms with Crippen molar-refractivity contribution in [3.63, 3.8) is 0 Å². The van der Waals surface area contributed by atoms with Crippen LogP contribution < -0.4 is 10.5 Å². The first-order valence-electron chi connectivity index (χ1n) is 7.94. The van der Waals surface area contributed by atoms with Crippen molar-refractivity contribution in [3.8, 4) is 5.75 Å². The van der Waals surface area contributed by atoms with Gasteiger partial charge >= 0.3 is 0 Å². The van der Waals surface area contributed by atoms with Crippen LogP contribution in [0.25, 0.3) is 0 Å². The third-order valence-electron chi connectivity index (χ3n) is 4.75. The maximum atomic E-state index is 13.9. The molecule has 0 aromatic heterocycles. The Morgan fingerprint density at radius 3 is 2.81 bits per heavy atom. The molecule has 1 saturated heterocycles. The van der Waals surface area contributed by atoms with Gasteiger partial charge in [0, 0.05) is 17.7 Å². The second kappa shape index (κ2) is 5.93. The number of ether oxygens (including phenoxy) is 2. The largest absolute Gasteiger partial charge is 0.491 e. The fourth-order valence-electron chi connectivity index (χ4n) is 3.56. The molecule has 2 aliphatic rings. The molecule has 1 spiro atoms. The number of halogens is 1. The minimum Gasteiger partial charge on any atom is -0.491 e. The van der Waals surface area contributed by atoms with Crippen LogP contribution in [0.1, 0.15) is 57.1 Å². The zero-order valence-corrected chi connectivity index (χ0v) is 12.6. The van der Waals surface area contributed by atoms with Gasteiger partial charge in [0.15, 0.2) is 0 Å². The van der Waals surface area contributed by atoms with E-state index in [9.17, 15) is 4.39 Å². The van der Waals surface area contributed by atoms with Crippen molar-refractivity contribution in [2.24, 2.45) is 5.73 Å². The molecule has 0 bridgehead atoms. The van der Waals surface area contributed by atoms with Crippen molar-refractivity contribution < 1.29 is 13.9 Å². The molecule has 1 aliphatic heterocycles. The number of benzene rings is 1. The highest BCUT2D eigenvalue weighted by atomic mass is 19.1. The van der Waals surface area contributed by atoms with Gasteiger partial charge in [-0.05, 0) is 38.7 Å². The Hall–Kier alpha value is -1.13. The number of hydrogen-bond acceptors (Lipinski definition) is 3. The van der Waals surface area contributed by atoms with Crippen LogP contribution in [0, 0.1) is 5.82 Å². The molecule has 1 heterocycles. The monoisotopic (exact) mass is 293 g/mol. The minimum absolute atomic E-state index is 0.123. The molecule has 3 rings (SSSR count). The zero-order valence-electron chi connectivity index (χ0n) is 12.6. The fraction of sp³-hybridized carbons (Fsp3) is 0.647. The van der Waals surface area contributed by atoms with Crippen molar-refractivity contribution in [2.75, 3.05) is 6.61 Å². The molecule has 0 radical (unpaired) electrons. The first kappa shape index (κ1) is 14.8. The van der Waals surface area contributed by atoms with E-state index in [-0.39, 0.29) is 23.6 Å². The van der Waals surface area contributed by atoms with Crippen LogP contribution in [0.4, 0.5) is 4.39 Å². The molecule has 1 aromatic rings. The molecule has 0 amide bonds. The second-order valence-electron chi connectivity index (χ2n) is 6.45. The summed E-state index contributed by atoms with van der Waals surface area (Å²) in [5.41, 5.74) is 6.34. The summed E-state index contributed by atoms with van der Waals surface area (Å²) in [6, 6.07) is 4.59. The highest BCUT2D eigenvalue weighted by Gasteiger charge is 2.42. The van der Waals surface area contributed by atoms with E-state index in [1.165, 1.54) is 31.7 Å². The van der Waals surface area contributed by atoms with Crippen LogP contribution in [-0.4, -0.2) is 18.3 Å². The van der Waals surface area contributed by atoms with Gasteiger partial charge in [-0.1, -0.05) is 18.9 Å². The summed E-state index contributed by atoms with van der Waals surface area (Å²) in [7, 11) is 0. The van der Waals surface area contributed by atoms with Crippen LogP contribution >= 0.6 is 0 Å². The van der Waals surface area contributed by atoms with E-state index < -0.39 is 0 Å². The third kappa shape index (κ3) is 3.22. The lowest BCUT2D eigenvalue weighted by atomic mass is 9.98. The standard InChI is InChI=1S/C17H24FNO2/c1-12(19)15-5-4-13(10-16(15)18)20-11-14-6-9-17(21-14)7-2-3-8-17/h4-5,10,12,14H,2-3,6-9,11,19H2,1H3. The summed E-state index contributed by atoms with van der Waals surface area (Å²) in [6.07, 6.45) is 7.23. The molecular formula is C17H24FNO2. The second-order valence-corrected chi connectivity index (χ2v) is 6.45. The Morgan fingerprint density at radius 2 is 2.14 bits per heavy atom. The number of hydrogen-bond donors (Lipinski definition) is 1. The van der Waals surface area contributed by atoms with Gasteiger partial charge in [-0.15, -0.1) is 0 Å². The quantitative estimate of drug-likeness (QED) is 0.920. The van der Waals surface area contributed by atoms with Crippen molar-refractivity contribution >= 4 is 0 Å². The van der Waals surface area contributed by atoms with Crippen molar-refractivity contribution in [3.05, 3.63) is 29.6 Å². The molecule has 116 valence electrons. The summed E-state index contributed by atoms with van der Waals surface area (Å²) in [5.74, 6) is 0.245. The molecular weight excluding hydrogens is 269 g/mol. The van der Waals surface area contributed by atoms with Gasteiger partial charge < -0.3 is 15.2 Å². The molecule has 3 nitrogen and oxygen atoms in total. The van der Waals surface area contributed by atoms with Gasteiger partial charge in [-0.3, -0.25) is 0 Å². The molecule has 2 unspecified atom stereocenters. The van der Waals surface area contributed by atoms with Crippen molar-refractivity contribution in [2.45, 2.75) is 63.2 Å².